The van der Waals surface area contributed by atoms with Crippen molar-refractivity contribution < 1.29 is 19.1 Å². The molecule has 0 bridgehead atoms. The van der Waals surface area contributed by atoms with E-state index in [1.54, 1.807) is 4.68 Å². The van der Waals surface area contributed by atoms with Crippen molar-refractivity contribution in [3.8, 4) is 5.75 Å². The number of Topliss-reactive ketones (excluding diaryl/α,β-unsaturated/α-hetero) is 1. The average molecular weight is 383 g/mol. The van der Waals surface area contributed by atoms with E-state index in [0.717, 1.165) is 30.2 Å². The molecule has 1 aliphatic carbocycles. The number of piperidine rings is 1. The van der Waals surface area contributed by atoms with Gasteiger partial charge in [-0.1, -0.05) is 19.1 Å². The zero-order valence-corrected chi connectivity index (χ0v) is 16.3. The Kier molecular flexibility index (Phi) is 3.98. The van der Waals surface area contributed by atoms with E-state index in [4.69, 9.17) is 9.47 Å². The molecule has 28 heavy (non-hydrogen) atoms. The van der Waals surface area contributed by atoms with Crippen LogP contribution in [0.1, 0.15) is 43.6 Å². The third kappa shape index (κ3) is 2.71. The highest BCUT2D eigenvalue weighted by molar-refractivity contribution is 6.06. The number of benzene rings is 1. The van der Waals surface area contributed by atoms with E-state index < -0.39 is 0 Å². The van der Waals surface area contributed by atoms with Crippen molar-refractivity contribution in [3.63, 3.8) is 0 Å². The largest absolute Gasteiger partial charge is 0.491 e. The normalized spacial score (nSPS) is 29.9. The molecule has 3 atom stereocenters. The number of aromatic nitrogens is 2. The number of rotatable bonds is 1. The fourth-order valence-electron chi connectivity index (χ4n) is 4.91. The molecule has 1 aromatic carbocycles. The molecule has 3 heterocycles. The minimum absolute atomic E-state index is 0.0355. The lowest BCUT2D eigenvalue weighted by atomic mass is 10.0. The molecule has 0 radical (unpaired) electrons. The van der Waals surface area contributed by atoms with Gasteiger partial charge < -0.3 is 14.4 Å². The molecule has 7 heteroatoms. The maximum Gasteiger partial charge on any atom is 0.244 e. The van der Waals surface area contributed by atoms with E-state index in [0.29, 0.717) is 37.3 Å². The second kappa shape index (κ2) is 6.30. The van der Waals surface area contributed by atoms with Gasteiger partial charge in [0.05, 0.1) is 19.3 Å². The summed E-state index contributed by atoms with van der Waals surface area (Å²) in [6.07, 6.45) is 2.82. The maximum absolute atomic E-state index is 13.3. The minimum atomic E-state index is -0.114. The van der Waals surface area contributed by atoms with E-state index >= 15 is 0 Å². The Morgan fingerprint density at radius 1 is 1.29 bits per heavy atom. The van der Waals surface area contributed by atoms with Crippen LogP contribution in [0, 0.1) is 5.41 Å². The van der Waals surface area contributed by atoms with Gasteiger partial charge in [0, 0.05) is 31.4 Å². The van der Waals surface area contributed by atoms with Crippen LogP contribution in [0.25, 0.3) is 10.9 Å². The Hall–Kier alpha value is -2.41. The smallest absolute Gasteiger partial charge is 0.244 e. The van der Waals surface area contributed by atoms with Gasteiger partial charge in [-0.25, -0.2) is 0 Å². The first-order valence-electron chi connectivity index (χ1n) is 10.00. The van der Waals surface area contributed by atoms with Crippen LogP contribution in [0.5, 0.6) is 5.75 Å². The Bertz CT molecular complexity index is 968. The first-order valence-corrected chi connectivity index (χ1v) is 10.00. The number of nitrogens with zero attached hydrogens (tertiary/aromatic N) is 3. The Labute approximate surface area is 163 Å². The number of ketones is 1. The van der Waals surface area contributed by atoms with E-state index in [9.17, 15) is 9.59 Å². The van der Waals surface area contributed by atoms with Crippen molar-refractivity contribution in [2.45, 2.75) is 51.7 Å². The third-order valence-corrected chi connectivity index (χ3v) is 6.38. The first kappa shape index (κ1) is 17.7. The number of carbonyl (C=O) groups is 2. The third-order valence-electron chi connectivity index (χ3n) is 6.38. The molecule has 3 aliphatic rings. The fourth-order valence-corrected chi connectivity index (χ4v) is 4.91. The van der Waals surface area contributed by atoms with Crippen LogP contribution in [-0.4, -0.2) is 58.3 Å². The maximum atomic E-state index is 13.3. The summed E-state index contributed by atoms with van der Waals surface area (Å²) in [4.78, 5) is 27.4. The van der Waals surface area contributed by atoms with Gasteiger partial charge in [0.25, 0.3) is 0 Å². The summed E-state index contributed by atoms with van der Waals surface area (Å²) in [5.41, 5.74) is 1.33. The summed E-state index contributed by atoms with van der Waals surface area (Å²) in [5.74, 6) is 0.573. The molecule has 2 aliphatic heterocycles. The molecule has 2 fully saturated rings. The van der Waals surface area contributed by atoms with E-state index in [1.165, 1.54) is 6.92 Å². The van der Waals surface area contributed by atoms with E-state index in [-0.39, 0.29) is 29.7 Å². The van der Waals surface area contributed by atoms with Gasteiger partial charge in [-0.15, -0.1) is 0 Å². The monoisotopic (exact) mass is 383 g/mol. The van der Waals surface area contributed by atoms with Crippen molar-refractivity contribution in [2.75, 3.05) is 19.8 Å². The second-order valence-corrected chi connectivity index (χ2v) is 8.52. The van der Waals surface area contributed by atoms with Gasteiger partial charge in [-0.3, -0.25) is 14.3 Å². The standard InChI is InChI=1S/C21H25N3O4/c1-13(25)19-15-5-3-6-16-20(15)23(22-19)11-18(26)24-14(9-21(2)10-17(21)24)12-27-7-4-8-28-16/h3,5-6,14,17H,4,7-12H2,1-2H3/t14-,17+,21?/m0/s1. The molecule has 1 unspecified atom stereocenters. The van der Waals surface area contributed by atoms with Gasteiger partial charge in [-0.2, -0.15) is 5.10 Å². The molecule has 1 aromatic heterocycles. The number of amides is 1. The second-order valence-electron chi connectivity index (χ2n) is 8.52. The van der Waals surface area contributed by atoms with Crippen molar-refractivity contribution in [1.82, 2.24) is 14.7 Å². The molecule has 0 spiro atoms. The van der Waals surface area contributed by atoms with Crippen molar-refractivity contribution in [2.24, 2.45) is 5.41 Å². The Balaban J connectivity index is 1.58. The Morgan fingerprint density at radius 3 is 2.96 bits per heavy atom. The molecule has 2 aromatic rings. The molecule has 1 saturated carbocycles. The zero-order valence-electron chi connectivity index (χ0n) is 16.3. The molecule has 1 amide bonds. The molecule has 0 N–H and O–H groups in total. The van der Waals surface area contributed by atoms with Crippen LogP contribution in [0.15, 0.2) is 18.2 Å². The van der Waals surface area contributed by atoms with Crippen LogP contribution in [0.3, 0.4) is 0 Å². The molecule has 7 nitrogen and oxygen atoms in total. The van der Waals surface area contributed by atoms with Gasteiger partial charge in [0.1, 0.15) is 23.5 Å². The average Bonchev–Trinajstić information content (AvgIpc) is 3.03. The van der Waals surface area contributed by atoms with Gasteiger partial charge in [0.2, 0.25) is 5.91 Å². The van der Waals surface area contributed by atoms with Gasteiger partial charge >= 0.3 is 0 Å². The lowest BCUT2D eigenvalue weighted by Gasteiger charge is -2.27. The van der Waals surface area contributed by atoms with E-state index in [2.05, 4.69) is 12.0 Å². The molecular formula is C21H25N3O4. The molecule has 5 rings (SSSR count). The number of hydrogen-bond donors (Lipinski definition) is 0. The summed E-state index contributed by atoms with van der Waals surface area (Å²) < 4.78 is 13.5. The van der Waals surface area contributed by atoms with Crippen LogP contribution in [0.4, 0.5) is 0 Å². The summed E-state index contributed by atoms with van der Waals surface area (Å²) in [5, 5.41) is 5.23. The highest BCUT2D eigenvalue weighted by Gasteiger charge is 2.62. The minimum Gasteiger partial charge on any atom is -0.491 e. The summed E-state index contributed by atoms with van der Waals surface area (Å²) in [6, 6.07) is 6.00. The van der Waals surface area contributed by atoms with E-state index in [1.807, 2.05) is 23.1 Å². The number of para-hydroxylation sites is 1. The zero-order chi connectivity index (χ0) is 19.5. The number of ether oxygens (including phenoxy) is 2. The van der Waals surface area contributed by atoms with Crippen molar-refractivity contribution in [1.29, 1.82) is 0 Å². The quantitative estimate of drug-likeness (QED) is 0.707. The van der Waals surface area contributed by atoms with Crippen molar-refractivity contribution >= 4 is 22.6 Å². The topological polar surface area (TPSA) is 73.7 Å². The summed E-state index contributed by atoms with van der Waals surface area (Å²) in [6.45, 7) is 5.55. The van der Waals surface area contributed by atoms with Crippen molar-refractivity contribution in [3.05, 3.63) is 23.9 Å². The summed E-state index contributed by atoms with van der Waals surface area (Å²) in [7, 11) is 0. The SMILES string of the molecule is CC(=O)c1nn2c3c(cccc13)OCCCOC[C@@H]1CC3(C)C[C@H]3N1C(=O)C2. The lowest BCUT2D eigenvalue weighted by Crippen LogP contribution is -2.43. The number of carbonyl (C=O) groups excluding carboxylic acids is 2. The highest BCUT2D eigenvalue weighted by Crippen LogP contribution is 2.59. The van der Waals surface area contributed by atoms with Gasteiger partial charge in [0.15, 0.2) is 5.78 Å². The Morgan fingerprint density at radius 2 is 2.14 bits per heavy atom. The van der Waals surface area contributed by atoms with Crippen LogP contribution < -0.4 is 4.74 Å². The molecule has 1 saturated heterocycles. The summed E-state index contributed by atoms with van der Waals surface area (Å²) >= 11 is 0. The first-order chi connectivity index (χ1) is 13.5. The molecule has 148 valence electrons. The highest BCUT2D eigenvalue weighted by atomic mass is 16.5. The van der Waals surface area contributed by atoms with Crippen LogP contribution >= 0.6 is 0 Å². The molecular weight excluding hydrogens is 358 g/mol. The number of hydrogen-bond acceptors (Lipinski definition) is 5. The van der Waals surface area contributed by atoms with Crippen LogP contribution in [0.2, 0.25) is 0 Å². The van der Waals surface area contributed by atoms with Crippen LogP contribution in [-0.2, 0) is 16.1 Å². The predicted molar refractivity (Wildman–Crippen MR) is 102 cm³/mol. The predicted octanol–water partition coefficient (Wildman–Crippen LogP) is 2.42. The number of fused-ring (bicyclic) bond motifs is 3. The van der Waals surface area contributed by atoms with Gasteiger partial charge in [-0.05, 0) is 24.3 Å². The lowest BCUT2D eigenvalue weighted by molar-refractivity contribution is -0.135. The fraction of sp³-hybridized carbons (Fsp3) is 0.571.